The van der Waals surface area contributed by atoms with E-state index in [-0.39, 0.29) is 30.3 Å². The smallest absolute Gasteiger partial charge is 0.319 e. The second kappa shape index (κ2) is 11.9. The highest BCUT2D eigenvalue weighted by molar-refractivity contribution is 5.89. The molecule has 2 amide bonds. The predicted molar refractivity (Wildman–Crippen MR) is 155 cm³/mol. The molecule has 216 valence electrons. The van der Waals surface area contributed by atoms with Crippen LogP contribution < -0.4 is 15.4 Å². The van der Waals surface area contributed by atoms with Crippen LogP contribution in [0.5, 0.6) is 11.5 Å². The first kappa shape index (κ1) is 26.6. The third-order valence-corrected chi connectivity index (χ3v) is 8.03. The van der Waals surface area contributed by atoms with E-state index in [4.69, 9.17) is 14.2 Å². The molecule has 7 rings (SSSR count). The van der Waals surface area contributed by atoms with Gasteiger partial charge < -0.3 is 24.8 Å². The maximum absolute atomic E-state index is 12.8. The fourth-order valence-corrected chi connectivity index (χ4v) is 5.99. The van der Waals surface area contributed by atoms with Crippen LogP contribution in [-0.2, 0) is 16.0 Å². The predicted octanol–water partition coefficient (Wildman–Crippen LogP) is 4.26. The number of benzene rings is 3. The summed E-state index contributed by atoms with van der Waals surface area (Å²) >= 11 is 0. The number of ether oxygens (including phenoxy) is 3. The Bertz CT molecular complexity index is 1510. The lowest BCUT2D eigenvalue weighted by Gasteiger charge is -2.19. The monoisotopic (exact) mass is 567 g/mol. The Kier molecular flexibility index (Phi) is 7.52. The fourth-order valence-electron chi connectivity index (χ4n) is 5.99. The number of rotatable bonds is 8. The normalized spacial score (nSPS) is 23.5. The van der Waals surface area contributed by atoms with Gasteiger partial charge in [-0.2, -0.15) is 0 Å². The maximum Gasteiger partial charge on any atom is 0.319 e. The number of aromatic nitrogens is 4. The molecule has 3 saturated heterocycles. The number of likely N-dealkylation sites (tertiary alicyclic amines) is 1. The Morgan fingerprint density at radius 1 is 0.905 bits per heavy atom. The molecule has 2 N–H and O–H groups in total. The molecule has 0 spiro atoms. The molecule has 3 aromatic carbocycles. The van der Waals surface area contributed by atoms with E-state index in [9.17, 15) is 4.79 Å². The van der Waals surface area contributed by atoms with Crippen molar-refractivity contribution in [1.82, 2.24) is 30.4 Å². The van der Waals surface area contributed by atoms with E-state index in [1.165, 1.54) is 18.4 Å². The Balaban J connectivity index is 0.966. The molecule has 0 saturated carbocycles. The maximum atomic E-state index is 12.8. The number of carbonyl (C=O) groups is 1. The van der Waals surface area contributed by atoms with Gasteiger partial charge in [0.1, 0.15) is 29.7 Å². The summed E-state index contributed by atoms with van der Waals surface area (Å²) in [6, 6.07) is 24.4. The number of tetrazole rings is 1. The van der Waals surface area contributed by atoms with Gasteiger partial charge in [0.2, 0.25) is 0 Å². The zero-order valence-electron chi connectivity index (χ0n) is 23.1. The van der Waals surface area contributed by atoms with Crippen molar-refractivity contribution < 1.29 is 19.0 Å². The summed E-state index contributed by atoms with van der Waals surface area (Å²) in [4.78, 5) is 15.3. The molecule has 42 heavy (non-hydrogen) atoms. The number of carbonyl (C=O) groups excluding carboxylic acids is 1. The van der Waals surface area contributed by atoms with Crippen molar-refractivity contribution >= 4 is 11.7 Å². The second-order valence-corrected chi connectivity index (χ2v) is 10.9. The molecule has 11 heteroatoms. The molecule has 3 aliphatic heterocycles. The van der Waals surface area contributed by atoms with Gasteiger partial charge in [-0.05, 0) is 84.4 Å². The number of nitrogens with one attached hydrogen (secondary N) is 2. The number of hydrogen-bond acceptors (Lipinski definition) is 8. The van der Waals surface area contributed by atoms with Crippen LogP contribution in [0.25, 0.3) is 11.4 Å². The lowest BCUT2D eigenvalue weighted by Crippen LogP contribution is -2.45. The molecular weight excluding hydrogens is 534 g/mol. The number of hydrogen-bond donors (Lipinski definition) is 2. The summed E-state index contributed by atoms with van der Waals surface area (Å²) in [5, 5.41) is 18.5. The molecular formula is C31H33N7O4. The Hall–Kier alpha value is -4.32. The summed E-state index contributed by atoms with van der Waals surface area (Å²) in [5.74, 6) is 2.12. The van der Waals surface area contributed by atoms with E-state index < -0.39 is 0 Å². The van der Waals surface area contributed by atoms with Crippen molar-refractivity contribution in [3.8, 4) is 22.9 Å². The number of para-hydroxylation sites is 1. The van der Waals surface area contributed by atoms with Crippen LogP contribution in [0, 0.1) is 0 Å². The number of nitrogens with zero attached hydrogens (tertiary/aromatic N) is 5. The number of fused-ring (bicyclic) bond motifs is 1. The standard InChI is InChI=1S/C31H33N7O4/c39-31(32-23-11-13-25(14-12-23)42-24-9-2-1-3-10-24)33-26-19-40-29-27(20-41-28(26)29)38-30(34-35-36-38)22-8-6-7-21(17-22)18-37-15-4-5-16-37/h1-3,6-14,17,26-29H,4-5,15-16,18-20H2,(H2,32,33,39)/t26-,27-,28+,29+/m0/s1. The van der Waals surface area contributed by atoms with Crippen molar-refractivity contribution in [1.29, 1.82) is 0 Å². The van der Waals surface area contributed by atoms with Crippen LogP contribution in [0.1, 0.15) is 24.4 Å². The second-order valence-electron chi connectivity index (χ2n) is 10.9. The average Bonchev–Trinajstić information content (AvgIpc) is 3.82. The van der Waals surface area contributed by atoms with E-state index in [1.54, 1.807) is 16.8 Å². The molecule has 1 aromatic heterocycles. The zero-order chi connectivity index (χ0) is 28.3. The van der Waals surface area contributed by atoms with Gasteiger partial charge in [0.05, 0.1) is 19.3 Å². The van der Waals surface area contributed by atoms with Crippen LogP contribution in [0.4, 0.5) is 10.5 Å². The van der Waals surface area contributed by atoms with Gasteiger partial charge in [-0.15, -0.1) is 5.10 Å². The molecule has 4 aromatic rings. The van der Waals surface area contributed by atoms with Gasteiger partial charge in [-0.3, -0.25) is 4.90 Å². The van der Waals surface area contributed by atoms with E-state index in [0.717, 1.165) is 30.9 Å². The van der Waals surface area contributed by atoms with Crippen molar-refractivity contribution in [2.45, 2.75) is 43.7 Å². The number of urea groups is 1. The first-order valence-corrected chi connectivity index (χ1v) is 14.4. The van der Waals surface area contributed by atoms with E-state index in [0.29, 0.717) is 30.5 Å². The average molecular weight is 568 g/mol. The van der Waals surface area contributed by atoms with Gasteiger partial charge >= 0.3 is 6.03 Å². The molecule has 3 fully saturated rings. The molecule has 0 unspecified atom stereocenters. The quantitative estimate of drug-likeness (QED) is 0.325. The molecule has 0 bridgehead atoms. The number of amides is 2. The van der Waals surface area contributed by atoms with Gasteiger partial charge in [-0.25, -0.2) is 9.48 Å². The summed E-state index contributed by atoms with van der Waals surface area (Å²) in [6.07, 6.45) is 1.94. The fraction of sp³-hybridized carbons (Fsp3) is 0.355. The Morgan fingerprint density at radius 3 is 2.52 bits per heavy atom. The van der Waals surface area contributed by atoms with E-state index in [1.807, 2.05) is 48.5 Å². The highest BCUT2D eigenvalue weighted by atomic mass is 16.6. The Morgan fingerprint density at radius 2 is 1.69 bits per heavy atom. The van der Waals surface area contributed by atoms with Crippen LogP contribution in [0.2, 0.25) is 0 Å². The van der Waals surface area contributed by atoms with Crippen LogP contribution >= 0.6 is 0 Å². The van der Waals surface area contributed by atoms with Crippen LogP contribution in [-0.4, -0.2) is 75.7 Å². The molecule has 4 atom stereocenters. The summed E-state index contributed by atoms with van der Waals surface area (Å²) in [5.41, 5.74) is 2.86. The molecule has 0 radical (unpaired) electrons. The minimum atomic E-state index is -0.328. The van der Waals surface area contributed by atoms with Gasteiger partial charge in [0, 0.05) is 17.8 Å². The topological polar surface area (TPSA) is 116 Å². The molecule has 3 aliphatic rings. The van der Waals surface area contributed by atoms with Gasteiger partial charge in [0.25, 0.3) is 0 Å². The van der Waals surface area contributed by atoms with Gasteiger partial charge in [-0.1, -0.05) is 36.4 Å². The van der Waals surface area contributed by atoms with Crippen molar-refractivity contribution in [2.75, 3.05) is 31.6 Å². The SMILES string of the molecule is O=C(Nc1ccc(Oc2ccccc2)cc1)N[C@H]1CO[C@H]2[C@@H]1OC[C@@H]2n1nnnc1-c1cccc(CN2CCCC2)c1. The zero-order valence-corrected chi connectivity index (χ0v) is 23.1. The first-order valence-electron chi connectivity index (χ1n) is 14.4. The minimum Gasteiger partial charge on any atom is -0.457 e. The van der Waals surface area contributed by atoms with E-state index >= 15 is 0 Å². The lowest BCUT2D eigenvalue weighted by atomic mass is 10.1. The van der Waals surface area contributed by atoms with E-state index in [2.05, 4.69) is 49.3 Å². The summed E-state index contributed by atoms with van der Waals surface area (Å²) < 4.78 is 19.9. The van der Waals surface area contributed by atoms with Crippen LogP contribution in [0.15, 0.2) is 78.9 Å². The molecule has 11 nitrogen and oxygen atoms in total. The Labute approximate surface area is 243 Å². The highest BCUT2D eigenvalue weighted by Gasteiger charge is 2.50. The lowest BCUT2D eigenvalue weighted by molar-refractivity contribution is 0.0624. The largest absolute Gasteiger partial charge is 0.457 e. The third-order valence-electron chi connectivity index (χ3n) is 8.03. The first-order chi connectivity index (χ1) is 20.7. The molecule has 4 heterocycles. The summed E-state index contributed by atoms with van der Waals surface area (Å²) in [7, 11) is 0. The van der Waals surface area contributed by atoms with Crippen molar-refractivity contribution in [3.63, 3.8) is 0 Å². The van der Waals surface area contributed by atoms with Crippen molar-refractivity contribution in [3.05, 3.63) is 84.4 Å². The van der Waals surface area contributed by atoms with Crippen molar-refractivity contribution in [2.24, 2.45) is 0 Å². The van der Waals surface area contributed by atoms with Gasteiger partial charge in [0.15, 0.2) is 5.82 Å². The molecule has 0 aliphatic carbocycles. The number of anilines is 1. The van der Waals surface area contributed by atoms with Crippen LogP contribution in [0.3, 0.4) is 0 Å². The highest BCUT2D eigenvalue weighted by Crippen LogP contribution is 2.36. The summed E-state index contributed by atoms with van der Waals surface area (Å²) in [6.45, 7) is 3.95. The third kappa shape index (κ3) is 5.71. The minimum absolute atomic E-state index is 0.200.